The van der Waals surface area contributed by atoms with E-state index in [9.17, 15) is 13.2 Å². The lowest BCUT2D eigenvalue weighted by molar-refractivity contribution is -0.137. The highest BCUT2D eigenvalue weighted by Crippen LogP contribution is 2.18. The molecule has 5 nitrogen and oxygen atoms in total. The fourth-order valence-corrected chi connectivity index (χ4v) is 6.38. The number of ether oxygens (including phenoxy) is 2. The molecule has 0 bridgehead atoms. The van der Waals surface area contributed by atoms with Gasteiger partial charge < -0.3 is 9.47 Å². The number of esters is 1. The maximum absolute atomic E-state index is 12.5. The van der Waals surface area contributed by atoms with Crippen LogP contribution in [0.15, 0.2) is 66.1 Å². The van der Waals surface area contributed by atoms with Gasteiger partial charge in [-0.3, -0.25) is 0 Å². The van der Waals surface area contributed by atoms with Crippen LogP contribution in [-0.2, 0) is 19.4 Å². The summed E-state index contributed by atoms with van der Waals surface area (Å²) in [7, 11) is -3.43. The van der Waals surface area contributed by atoms with E-state index in [-0.39, 0.29) is 23.7 Å². The van der Waals surface area contributed by atoms with Crippen LogP contribution in [0.2, 0.25) is 0 Å². The van der Waals surface area contributed by atoms with E-state index < -0.39 is 15.8 Å². The molecule has 0 aliphatic rings. The molecule has 0 atom stereocenters. The summed E-state index contributed by atoms with van der Waals surface area (Å²) in [5.74, 6) is 0.253. The molecule has 0 saturated heterocycles. The lowest BCUT2D eigenvalue weighted by Gasteiger charge is -2.07. The molecule has 0 aromatic heterocycles. The minimum Gasteiger partial charge on any atom is -0.494 e. The second kappa shape index (κ2) is 23.5. The van der Waals surface area contributed by atoms with Crippen molar-refractivity contribution in [2.75, 3.05) is 19.0 Å². The van der Waals surface area contributed by atoms with Crippen molar-refractivity contribution in [1.29, 1.82) is 0 Å². The van der Waals surface area contributed by atoms with Crippen LogP contribution < -0.4 is 4.74 Å². The van der Waals surface area contributed by atoms with Gasteiger partial charge in [0, 0.05) is 6.08 Å². The van der Waals surface area contributed by atoms with Crippen LogP contribution in [0.3, 0.4) is 0 Å². The Morgan fingerprint density at radius 3 is 1.57 bits per heavy atom. The fraction of sp³-hybridized carbons (Fsp3) is 0.553. The van der Waals surface area contributed by atoms with Crippen molar-refractivity contribution in [3.05, 3.63) is 72.3 Å². The molecular formula is C38H56O5S. The minimum absolute atomic E-state index is 0.0499. The Balaban J connectivity index is 1.53. The second-order valence-electron chi connectivity index (χ2n) is 11.7. The van der Waals surface area contributed by atoms with Crippen LogP contribution >= 0.6 is 0 Å². The van der Waals surface area contributed by atoms with E-state index in [0.29, 0.717) is 0 Å². The first-order valence-corrected chi connectivity index (χ1v) is 18.6. The van der Waals surface area contributed by atoms with E-state index in [0.717, 1.165) is 36.0 Å². The molecule has 0 amide bonds. The molecule has 44 heavy (non-hydrogen) atoms. The standard InChI is InChI=1S/C38H56O5S/c1-3-5-6-7-8-9-10-11-12-13-14-15-16-17-18-19-31-42-36-27-23-34(24-28-36)21-22-35-25-29-37(30-26-35)44(40,41)33-20-32-43-38(39)4-2/h4,21-30H,2-3,5-20,31-33H2,1H3. The molecule has 0 heterocycles. The number of carbonyl (C=O) groups is 1. The predicted molar refractivity (Wildman–Crippen MR) is 185 cm³/mol. The van der Waals surface area contributed by atoms with Gasteiger partial charge in [0.1, 0.15) is 5.75 Å². The molecule has 0 unspecified atom stereocenters. The largest absolute Gasteiger partial charge is 0.494 e. The van der Waals surface area contributed by atoms with Crippen molar-refractivity contribution < 1.29 is 22.7 Å². The van der Waals surface area contributed by atoms with Crippen LogP contribution in [0.1, 0.15) is 127 Å². The summed E-state index contributed by atoms with van der Waals surface area (Å²) in [6, 6.07) is 14.8. The first-order chi connectivity index (χ1) is 21.4. The highest BCUT2D eigenvalue weighted by atomic mass is 32.2. The predicted octanol–water partition coefficient (Wildman–Crippen LogP) is 10.4. The third-order valence-electron chi connectivity index (χ3n) is 7.82. The SMILES string of the molecule is C=CC(=O)OCCCS(=O)(=O)c1ccc(C=Cc2ccc(OCCCCCCCCCCCCCCCCCC)cc2)cc1. The molecule has 0 spiro atoms. The molecule has 0 radical (unpaired) electrons. The molecule has 6 heteroatoms. The summed E-state index contributed by atoms with van der Waals surface area (Å²) in [5.41, 5.74) is 1.96. The first kappa shape index (κ1) is 37.3. The van der Waals surface area contributed by atoms with Gasteiger partial charge in [-0.2, -0.15) is 0 Å². The Bertz CT molecular complexity index is 1170. The van der Waals surface area contributed by atoms with Crippen molar-refractivity contribution in [2.45, 2.75) is 121 Å². The Labute approximate surface area is 268 Å². The van der Waals surface area contributed by atoms with Gasteiger partial charge in [0.25, 0.3) is 0 Å². The van der Waals surface area contributed by atoms with Gasteiger partial charge in [-0.25, -0.2) is 13.2 Å². The number of hydrogen-bond donors (Lipinski definition) is 0. The Morgan fingerprint density at radius 2 is 1.09 bits per heavy atom. The van der Waals surface area contributed by atoms with E-state index in [2.05, 4.69) is 13.5 Å². The van der Waals surface area contributed by atoms with Crippen LogP contribution in [0.25, 0.3) is 12.2 Å². The van der Waals surface area contributed by atoms with Crippen molar-refractivity contribution in [1.82, 2.24) is 0 Å². The summed E-state index contributed by atoms with van der Waals surface area (Å²) in [4.78, 5) is 11.3. The van der Waals surface area contributed by atoms with Crippen molar-refractivity contribution >= 4 is 28.0 Å². The molecule has 0 aliphatic carbocycles. The Morgan fingerprint density at radius 1 is 0.636 bits per heavy atom. The van der Waals surface area contributed by atoms with Crippen LogP contribution in [-0.4, -0.2) is 33.4 Å². The Kier molecular flexibility index (Phi) is 19.9. The maximum Gasteiger partial charge on any atom is 0.330 e. The van der Waals surface area contributed by atoms with Gasteiger partial charge in [0.05, 0.1) is 23.9 Å². The van der Waals surface area contributed by atoms with Crippen LogP contribution in [0.5, 0.6) is 5.75 Å². The van der Waals surface area contributed by atoms with Crippen LogP contribution in [0.4, 0.5) is 0 Å². The van der Waals surface area contributed by atoms with Gasteiger partial charge in [-0.05, 0) is 48.2 Å². The highest BCUT2D eigenvalue weighted by Gasteiger charge is 2.14. The van der Waals surface area contributed by atoms with Gasteiger partial charge in [-0.1, -0.05) is 146 Å². The van der Waals surface area contributed by atoms with E-state index in [1.54, 1.807) is 24.3 Å². The van der Waals surface area contributed by atoms with Gasteiger partial charge >= 0.3 is 5.97 Å². The number of benzene rings is 2. The van der Waals surface area contributed by atoms with E-state index in [1.165, 1.54) is 96.3 Å². The van der Waals surface area contributed by atoms with E-state index in [1.807, 2.05) is 36.4 Å². The highest BCUT2D eigenvalue weighted by molar-refractivity contribution is 7.91. The summed E-state index contributed by atoms with van der Waals surface area (Å²) in [5, 5.41) is 0. The smallest absolute Gasteiger partial charge is 0.330 e. The zero-order valence-electron chi connectivity index (χ0n) is 27.1. The van der Waals surface area contributed by atoms with Crippen molar-refractivity contribution in [3.8, 4) is 5.75 Å². The quantitative estimate of drug-likeness (QED) is 0.0451. The zero-order chi connectivity index (χ0) is 31.7. The molecule has 244 valence electrons. The lowest BCUT2D eigenvalue weighted by atomic mass is 10.0. The van der Waals surface area contributed by atoms with E-state index in [4.69, 9.17) is 9.47 Å². The first-order valence-electron chi connectivity index (χ1n) is 17.0. The number of carbonyl (C=O) groups excluding carboxylic acids is 1. The number of hydrogen-bond acceptors (Lipinski definition) is 5. The minimum atomic E-state index is -3.43. The molecular weight excluding hydrogens is 568 g/mol. The Hall–Kier alpha value is -2.86. The normalized spacial score (nSPS) is 11.6. The maximum atomic E-state index is 12.5. The average Bonchev–Trinajstić information content (AvgIpc) is 3.04. The van der Waals surface area contributed by atoms with Gasteiger partial charge in [-0.15, -0.1) is 0 Å². The topological polar surface area (TPSA) is 69.7 Å². The summed E-state index contributed by atoms with van der Waals surface area (Å²) >= 11 is 0. The van der Waals surface area contributed by atoms with Gasteiger partial charge in [0.15, 0.2) is 9.84 Å². The second-order valence-corrected chi connectivity index (χ2v) is 13.8. The fourth-order valence-electron chi connectivity index (χ4n) is 5.09. The summed E-state index contributed by atoms with van der Waals surface area (Å²) in [6.45, 7) is 6.40. The molecule has 0 fully saturated rings. The number of rotatable bonds is 26. The zero-order valence-corrected chi connectivity index (χ0v) is 28.0. The van der Waals surface area contributed by atoms with E-state index >= 15 is 0 Å². The van der Waals surface area contributed by atoms with Crippen molar-refractivity contribution in [2.24, 2.45) is 0 Å². The third-order valence-corrected chi connectivity index (χ3v) is 9.64. The monoisotopic (exact) mass is 624 g/mol. The molecule has 0 saturated carbocycles. The molecule has 0 N–H and O–H groups in total. The molecule has 0 aliphatic heterocycles. The average molecular weight is 625 g/mol. The number of sulfone groups is 1. The lowest BCUT2D eigenvalue weighted by Crippen LogP contribution is -2.11. The molecule has 2 aromatic carbocycles. The molecule has 2 aromatic rings. The van der Waals surface area contributed by atoms with Crippen molar-refractivity contribution in [3.63, 3.8) is 0 Å². The number of unbranched alkanes of at least 4 members (excludes halogenated alkanes) is 15. The summed E-state index contributed by atoms with van der Waals surface area (Å²) < 4.78 is 35.8. The molecule has 2 rings (SSSR count). The summed E-state index contributed by atoms with van der Waals surface area (Å²) in [6.07, 6.45) is 27.1. The third kappa shape index (κ3) is 17.4. The van der Waals surface area contributed by atoms with Gasteiger partial charge in [0.2, 0.25) is 0 Å². The van der Waals surface area contributed by atoms with Crippen LogP contribution in [0, 0.1) is 0 Å².